The summed E-state index contributed by atoms with van der Waals surface area (Å²) in [4.78, 5) is 0. The van der Waals surface area contributed by atoms with Gasteiger partial charge in [-0.25, -0.2) is 4.39 Å². The van der Waals surface area contributed by atoms with Crippen LogP contribution in [0.1, 0.15) is 22.9 Å². The number of benzene rings is 1. The van der Waals surface area contributed by atoms with E-state index in [4.69, 9.17) is 23.2 Å². The third kappa shape index (κ3) is 2.97. The smallest absolute Gasteiger partial charge is 0.130 e. The van der Waals surface area contributed by atoms with E-state index in [1.54, 1.807) is 17.8 Å². The number of halogens is 3. The average Bonchev–Trinajstić information content (AvgIpc) is 2.62. The molecular weight excluding hydrogens is 300 g/mol. The number of nitrogens with one attached hydrogen (secondary N) is 1. The van der Waals surface area contributed by atoms with Crippen LogP contribution < -0.4 is 5.32 Å². The Labute approximate surface area is 127 Å². The van der Waals surface area contributed by atoms with E-state index in [0.29, 0.717) is 16.6 Å². The Morgan fingerprint density at radius 1 is 1.40 bits per heavy atom. The molecule has 0 fully saturated rings. The topological polar surface area (TPSA) is 29.9 Å². The summed E-state index contributed by atoms with van der Waals surface area (Å²) in [5, 5.41) is 8.50. The van der Waals surface area contributed by atoms with E-state index in [9.17, 15) is 4.39 Å². The van der Waals surface area contributed by atoms with E-state index in [2.05, 4.69) is 10.4 Å². The lowest BCUT2D eigenvalue weighted by Gasteiger charge is -2.18. The number of hydrogen-bond donors (Lipinski definition) is 1. The van der Waals surface area contributed by atoms with Crippen molar-refractivity contribution in [2.24, 2.45) is 7.05 Å². The molecule has 20 heavy (non-hydrogen) atoms. The SMILES string of the molecule is CNC(Cc1c(C)nn(C)c1Cl)c1ccc(F)cc1Cl. The van der Waals surface area contributed by atoms with Gasteiger partial charge in [0.15, 0.2) is 0 Å². The van der Waals surface area contributed by atoms with Crippen molar-refractivity contribution < 1.29 is 4.39 Å². The van der Waals surface area contributed by atoms with E-state index in [-0.39, 0.29) is 11.9 Å². The molecule has 1 aromatic heterocycles. The Bertz CT molecular complexity index is 625. The fourth-order valence-electron chi connectivity index (χ4n) is 2.26. The molecule has 0 aliphatic rings. The number of aromatic nitrogens is 2. The van der Waals surface area contributed by atoms with Gasteiger partial charge in [-0.2, -0.15) is 5.10 Å². The van der Waals surface area contributed by atoms with Crippen LogP contribution in [0.15, 0.2) is 18.2 Å². The normalized spacial score (nSPS) is 12.7. The van der Waals surface area contributed by atoms with Crippen molar-refractivity contribution in [3.05, 3.63) is 51.0 Å². The van der Waals surface area contributed by atoms with E-state index < -0.39 is 0 Å². The van der Waals surface area contributed by atoms with E-state index in [0.717, 1.165) is 16.8 Å². The summed E-state index contributed by atoms with van der Waals surface area (Å²) >= 11 is 12.4. The first kappa shape index (κ1) is 15.3. The lowest BCUT2D eigenvalue weighted by atomic mass is 9.99. The molecule has 1 aromatic carbocycles. The first-order valence-corrected chi connectivity index (χ1v) is 6.99. The van der Waals surface area contributed by atoms with Gasteiger partial charge in [0.1, 0.15) is 11.0 Å². The Morgan fingerprint density at radius 2 is 2.10 bits per heavy atom. The molecule has 2 aromatic rings. The lowest BCUT2D eigenvalue weighted by molar-refractivity contribution is 0.585. The van der Waals surface area contributed by atoms with Crippen molar-refractivity contribution in [1.82, 2.24) is 15.1 Å². The highest BCUT2D eigenvalue weighted by Gasteiger charge is 2.19. The van der Waals surface area contributed by atoms with Crippen LogP contribution in [-0.4, -0.2) is 16.8 Å². The quantitative estimate of drug-likeness (QED) is 0.932. The zero-order chi connectivity index (χ0) is 14.9. The largest absolute Gasteiger partial charge is 0.313 e. The van der Waals surface area contributed by atoms with Crippen molar-refractivity contribution in [3.8, 4) is 0 Å². The average molecular weight is 316 g/mol. The molecule has 0 aliphatic carbocycles. The number of nitrogens with zero attached hydrogens (tertiary/aromatic N) is 2. The molecular formula is C14H16Cl2FN3. The minimum atomic E-state index is -0.343. The molecule has 2 rings (SSSR count). The highest BCUT2D eigenvalue weighted by atomic mass is 35.5. The summed E-state index contributed by atoms with van der Waals surface area (Å²) in [5.74, 6) is -0.343. The molecule has 0 amide bonds. The molecule has 0 bridgehead atoms. The molecule has 3 nitrogen and oxygen atoms in total. The Hall–Kier alpha value is -1.10. The van der Waals surface area contributed by atoms with Crippen LogP contribution in [0, 0.1) is 12.7 Å². The van der Waals surface area contributed by atoms with E-state index in [1.165, 1.54) is 12.1 Å². The van der Waals surface area contributed by atoms with Gasteiger partial charge in [0.25, 0.3) is 0 Å². The molecule has 0 spiro atoms. The predicted molar refractivity (Wildman–Crippen MR) is 79.9 cm³/mol. The molecule has 1 atom stereocenters. The zero-order valence-corrected chi connectivity index (χ0v) is 13.1. The van der Waals surface area contributed by atoms with Crippen molar-refractivity contribution in [1.29, 1.82) is 0 Å². The van der Waals surface area contributed by atoms with Crippen LogP contribution in [0.5, 0.6) is 0 Å². The molecule has 0 radical (unpaired) electrons. The van der Waals surface area contributed by atoms with Crippen LogP contribution >= 0.6 is 23.2 Å². The Morgan fingerprint density at radius 3 is 2.60 bits per heavy atom. The van der Waals surface area contributed by atoms with Gasteiger partial charge >= 0.3 is 0 Å². The maximum atomic E-state index is 13.1. The van der Waals surface area contributed by atoms with E-state index >= 15 is 0 Å². The molecule has 1 heterocycles. The third-order valence-corrected chi connectivity index (χ3v) is 4.16. The van der Waals surface area contributed by atoms with Gasteiger partial charge < -0.3 is 5.32 Å². The Kier molecular flexibility index (Phi) is 4.68. The molecule has 1 N–H and O–H groups in total. The molecule has 0 aliphatic heterocycles. The summed E-state index contributed by atoms with van der Waals surface area (Å²) < 4.78 is 14.8. The Balaban J connectivity index is 2.33. The number of hydrogen-bond acceptors (Lipinski definition) is 2. The van der Waals surface area contributed by atoms with Crippen molar-refractivity contribution in [2.75, 3.05) is 7.05 Å². The highest BCUT2D eigenvalue weighted by Crippen LogP contribution is 2.29. The summed E-state index contributed by atoms with van der Waals surface area (Å²) in [6.07, 6.45) is 0.639. The molecule has 108 valence electrons. The molecule has 6 heteroatoms. The van der Waals surface area contributed by atoms with Crippen LogP contribution in [0.3, 0.4) is 0 Å². The predicted octanol–water partition coefficient (Wildman–Crippen LogP) is 3.68. The summed E-state index contributed by atoms with van der Waals surface area (Å²) in [6, 6.07) is 4.36. The van der Waals surface area contributed by atoms with Crippen LogP contribution in [-0.2, 0) is 13.5 Å². The number of rotatable bonds is 4. The minimum absolute atomic E-state index is 0.0523. The molecule has 0 saturated heterocycles. The van der Waals surface area contributed by atoms with Crippen molar-refractivity contribution in [3.63, 3.8) is 0 Å². The second-order valence-corrected chi connectivity index (χ2v) is 5.45. The number of aryl methyl sites for hydroxylation is 2. The maximum Gasteiger partial charge on any atom is 0.130 e. The van der Waals surface area contributed by atoms with Gasteiger partial charge in [-0.15, -0.1) is 0 Å². The summed E-state index contributed by atoms with van der Waals surface area (Å²) in [5.41, 5.74) is 2.69. The van der Waals surface area contributed by atoms with Gasteiger partial charge in [0.05, 0.1) is 5.69 Å². The van der Waals surface area contributed by atoms with Crippen LogP contribution in [0.25, 0.3) is 0 Å². The first-order chi connectivity index (χ1) is 9.43. The first-order valence-electron chi connectivity index (χ1n) is 6.24. The van der Waals surface area contributed by atoms with Gasteiger partial charge in [-0.05, 0) is 38.1 Å². The summed E-state index contributed by atoms with van der Waals surface area (Å²) in [6.45, 7) is 1.92. The summed E-state index contributed by atoms with van der Waals surface area (Å²) in [7, 11) is 3.64. The zero-order valence-electron chi connectivity index (χ0n) is 11.5. The van der Waals surface area contributed by atoms with Crippen molar-refractivity contribution >= 4 is 23.2 Å². The fraction of sp³-hybridized carbons (Fsp3) is 0.357. The second-order valence-electron chi connectivity index (χ2n) is 4.69. The molecule has 0 saturated carbocycles. The third-order valence-electron chi connectivity index (χ3n) is 3.36. The van der Waals surface area contributed by atoms with Gasteiger partial charge in [-0.3, -0.25) is 4.68 Å². The second kappa shape index (κ2) is 6.12. The monoisotopic (exact) mass is 315 g/mol. The fourth-order valence-corrected chi connectivity index (χ4v) is 2.81. The van der Waals surface area contributed by atoms with Crippen LogP contribution in [0.2, 0.25) is 10.2 Å². The van der Waals surface area contributed by atoms with E-state index in [1.807, 2.05) is 14.0 Å². The number of likely N-dealkylation sites (N-methyl/N-ethyl adjacent to an activating group) is 1. The van der Waals surface area contributed by atoms with Gasteiger partial charge in [-0.1, -0.05) is 29.3 Å². The standard InChI is InChI=1S/C14H16Cl2FN3/c1-8-11(14(16)20(3)19-8)7-13(18-2)10-5-4-9(17)6-12(10)15/h4-6,13,18H,7H2,1-3H3. The maximum absolute atomic E-state index is 13.1. The highest BCUT2D eigenvalue weighted by molar-refractivity contribution is 6.31. The molecule has 1 unspecified atom stereocenters. The van der Waals surface area contributed by atoms with Gasteiger partial charge in [0, 0.05) is 23.7 Å². The van der Waals surface area contributed by atoms with Crippen LogP contribution in [0.4, 0.5) is 4.39 Å². The van der Waals surface area contributed by atoms with Gasteiger partial charge in [0.2, 0.25) is 0 Å². The van der Waals surface area contributed by atoms with Crippen molar-refractivity contribution in [2.45, 2.75) is 19.4 Å². The minimum Gasteiger partial charge on any atom is -0.313 e. The lowest BCUT2D eigenvalue weighted by Crippen LogP contribution is -2.19.